The van der Waals surface area contributed by atoms with Gasteiger partial charge in [0.05, 0.1) is 0 Å². The number of hydrogen-bond acceptors (Lipinski definition) is 2. The summed E-state index contributed by atoms with van der Waals surface area (Å²) in [5, 5.41) is 0. The molecule has 0 saturated carbocycles. The molecule has 0 unspecified atom stereocenters. The third-order valence-electron chi connectivity index (χ3n) is 5.17. The molecule has 1 amide bonds. The molecule has 0 bridgehead atoms. The third kappa shape index (κ3) is 3.77. The Bertz CT molecular complexity index is 970. The molecule has 0 fully saturated rings. The van der Waals surface area contributed by atoms with Gasteiger partial charge in [-0.2, -0.15) is 0 Å². The number of aryl methyl sites for hydroxylation is 1. The summed E-state index contributed by atoms with van der Waals surface area (Å²) >= 11 is 0. The molecule has 142 valence electrons. The molecule has 1 aliphatic heterocycles. The average Bonchev–Trinajstić information content (AvgIpc) is 2.73. The maximum Gasteiger partial charge on any atom is 0.265 e. The second-order valence-corrected chi connectivity index (χ2v) is 7.10. The molecule has 4 rings (SSSR count). The van der Waals surface area contributed by atoms with Crippen molar-refractivity contribution < 1.29 is 13.9 Å². The normalized spacial score (nSPS) is 15.8. The van der Waals surface area contributed by atoms with Gasteiger partial charge in [-0.05, 0) is 66.8 Å². The Hall–Kier alpha value is -3.14. The second-order valence-electron chi connectivity index (χ2n) is 7.10. The van der Waals surface area contributed by atoms with E-state index >= 15 is 0 Å². The van der Waals surface area contributed by atoms with E-state index in [-0.39, 0.29) is 24.4 Å². The third-order valence-corrected chi connectivity index (χ3v) is 5.17. The van der Waals surface area contributed by atoms with Gasteiger partial charge in [-0.25, -0.2) is 4.39 Å². The lowest BCUT2D eigenvalue weighted by molar-refractivity contribution is -0.121. The molecule has 0 N–H and O–H groups in total. The summed E-state index contributed by atoms with van der Waals surface area (Å²) in [5.74, 6) is 0.264. The minimum absolute atomic E-state index is 0.0498. The second kappa shape index (κ2) is 7.85. The number of amides is 1. The average molecular weight is 375 g/mol. The quantitative estimate of drug-likeness (QED) is 0.624. The van der Waals surface area contributed by atoms with Crippen LogP contribution in [0.4, 0.5) is 10.1 Å². The minimum Gasteiger partial charge on any atom is -0.484 e. The topological polar surface area (TPSA) is 29.5 Å². The molecule has 0 aromatic heterocycles. The van der Waals surface area contributed by atoms with Gasteiger partial charge in [-0.15, -0.1) is 0 Å². The number of rotatable bonds is 4. The number of ether oxygens (including phenoxy) is 1. The molecular weight excluding hydrogens is 353 g/mol. The van der Waals surface area contributed by atoms with E-state index in [9.17, 15) is 9.18 Å². The van der Waals surface area contributed by atoms with E-state index in [4.69, 9.17) is 4.74 Å². The smallest absolute Gasteiger partial charge is 0.265 e. The van der Waals surface area contributed by atoms with Crippen molar-refractivity contribution in [1.82, 2.24) is 0 Å². The molecule has 1 heterocycles. The Kier molecular flexibility index (Phi) is 5.11. The van der Waals surface area contributed by atoms with Crippen molar-refractivity contribution >= 4 is 11.6 Å². The zero-order chi connectivity index (χ0) is 19.5. The van der Waals surface area contributed by atoms with Crippen molar-refractivity contribution in [2.45, 2.75) is 25.8 Å². The largest absolute Gasteiger partial charge is 0.484 e. The molecule has 3 aromatic carbocycles. The standard InChI is InChI=1S/C24H22FNO2/c1-17-7-8-20-15-21(25)11-14-23(20)26(17)24(27)16-28-22-12-9-19(10-13-22)18-5-3-2-4-6-18/h2-6,9-15,17H,7-8,16H2,1H3/t17-/m1/s1. The van der Waals surface area contributed by atoms with Gasteiger partial charge in [0.2, 0.25) is 0 Å². The summed E-state index contributed by atoms with van der Waals surface area (Å²) in [6.07, 6.45) is 1.59. The summed E-state index contributed by atoms with van der Waals surface area (Å²) in [7, 11) is 0. The van der Waals surface area contributed by atoms with Crippen molar-refractivity contribution in [3.05, 3.63) is 84.2 Å². The van der Waals surface area contributed by atoms with E-state index in [1.165, 1.54) is 12.1 Å². The Morgan fingerprint density at radius 2 is 1.75 bits per heavy atom. The number of hydrogen-bond donors (Lipinski definition) is 0. The first kappa shape index (κ1) is 18.2. The predicted molar refractivity (Wildman–Crippen MR) is 109 cm³/mol. The fourth-order valence-electron chi connectivity index (χ4n) is 3.69. The highest BCUT2D eigenvalue weighted by Crippen LogP contribution is 2.31. The number of anilines is 1. The van der Waals surface area contributed by atoms with Crippen molar-refractivity contribution in [3.63, 3.8) is 0 Å². The van der Waals surface area contributed by atoms with Crippen LogP contribution in [0.2, 0.25) is 0 Å². The van der Waals surface area contributed by atoms with E-state index < -0.39 is 0 Å². The van der Waals surface area contributed by atoms with Crippen LogP contribution in [-0.2, 0) is 11.2 Å². The van der Waals surface area contributed by atoms with Crippen LogP contribution < -0.4 is 9.64 Å². The van der Waals surface area contributed by atoms with Crippen LogP contribution in [-0.4, -0.2) is 18.6 Å². The summed E-state index contributed by atoms with van der Waals surface area (Å²) < 4.78 is 19.3. The highest BCUT2D eigenvalue weighted by molar-refractivity contribution is 5.96. The molecule has 1 aliphatic rings. The Morgan fingerprint density at radius 3 is 2.50 bits per heavy atom. The molecule has 4 heteroatoms. The molecule has 0 radical (unpaired) electrons. The first-order chi connectivity index (χ1) is 13.6. The maximum absolute atomic E-state index is 13.5. The lowest BCUT2D eigenvalue weighted by Gasteiger charge is -2.35. The van der Waals surface area contributed by atoms with Crippen LogP contribution in [0.25, 0.3) is 11.1 Å². The van der Waals surface area contributed by atoms with Crippen molar-refractivity contribution in [3.8, 4) is 16.9 Å². The van der Waals surface area contributed by atoms with E-state index in [2.05, 4.69) is 12.1 Å². The summed E-state index contributed by atoms with van der Waals surface area (Å²) in [5.41, 5.74) is 3.89. The lowest BCUT2D eigenvalue weighted by Crippen LogP contribution is -2.44. The van der Waals surface area contributed by atoms with E-state index in [1.54, 1.807) is 11.0 Å². The van der Waals surface area contributed by atoms with Crippen molar-refractivity contribution in [2.24, 2.45) is 0 Å². The SMILES string of the molecule is C[C@@H]1CCc2cc(F)ccc2N1C(=O)COc1ccc(-c2ccccc2)cc1. The number of carbonyl (C=O) groups excluding carboxylic acids is 1. The molecule has 3 nitrogen and oxygen atoms in total. The van der Waals surface area contributed by atoms with Crippen molar-refractivity contribution in [1.29, 1.82) is 0 Å². The fraction of sp³-hybridized carbons (Fsp3) is 0.208. The molecule has 0 aliphatic carbocycles. The zero-order valence-corrected chi connectivity index (χ0v) is 15.8. The predicted octanol–water partition coefficient (Wildman–Crippen LogP) is 5.24. The number of nitrogens with zero attached hydrogens (tertiary/aromatic N) is 1. The van der Waals surface area contributed by atoms with Crippen LogP contribution in [0.5, 0.6) is 5.75 Å². The van der Waals surface area contributed by atoms with Gasteiger partial charge in [-0.1, -0.05) is 42.5 Å². The van der Waals surface area contributed by atoms with Crippen LogP contribution in [0.1, 0.15) is 18.9 Å². The van der Waals surface area contributed by atoms with E-state index in [1.807, 2.05) is 49.4 Å². The minimum atomic E-state index is -0.268. The highest BCUT2D eigenvalue weighted by Gasteiger charge is 2.28. The fourth-order valence-corrected chi connectivity index (χ4v) is 3.69. The van der Waals surface area contributed by atoms with Crippen molar-refractivity contribution in [2.75, 3.05) is 11.5 Å². The van der Waals surface area contributed by atoms with Gasteiger partial charge < -0.3 is 9.64 Å². The van der Waals surface area contributed by atoms with E-state index in [0.717, 1.165) is 35.2 Å². The van der Waals surface area contributed by atoms with Crippen LogP contribution >= 0.6 is 0 Å². The molecule has 3 aromatic rings. The van der Waals surface area contributed by atoms with E-state index in [0.29, 0.717) is 5.75 Å². The molecule has 28 heavy (non-hydrogen) atoms. The molecular formula is C24H22FNO2. The number of benzene rings is 3. The Morgan fingerprint density at radius 1 is 1.04 bits per heavy atom. The van der Waals surface area contributed by atoms with Gasteiger partial charge in [0.1, 0.15) is 11.6 Å². The van der Waals surface area contributed by atoms with Crippen LogP contribution in [0.3, 0.4) is 0 Å². The summed E-state index contributed by atoms with van der Waals surface area (Å²) in [6.45, 7) is 1.96. The number of halogens is 1. The highest BCUT2D eigenvalue weighted by atomic mass is 19.1. The summed E-state index contributed by atoms with van der Waals surface area (Å²) in [6, 6.07) is 22.5. The Labute approximate surface area is 164 Å². The molecule has 0 saturated heterocycles. The zero-order valence-electron chi connectivity index (χ0n) is 15.8. The number of carbonyl (C=O) groups is 1. The van der Waals surface area contributed by atoms with Gasteiger partial charge in [0.25, 0.3) is 5.91 Å². The van der Waals surface area contributed by atoms with Crippen LogP contribution in [0, 0.1) is 5.82 Å². The van der Waals surface area contributed by atoms with Gasteiger partial charge >= 0.3 is 0 Å². The molecule has 1 atom stereocenters. The summed E-state index contributed by atoms with van der Waals surface area (Å²) in [4.78, 5) is 14.6. The van der Waals surface area contributed by atoms with Gasteiger partial charge in [0.15, 0.2) is 6.61 Å². The van der Waals surface area contributed by atoms with Gasteiger partial charge in [-0.3, -0.25) is 4.79 Å². The molecule has 0 spiro atoms. The van der Waals surface area contributed by atoms with Gasteiger partial charge in [0, 0.05) is 11.7 Å². The maximum atomic E-state index is 13.5. The first-order valence-electron chi connectivity index (χ1n) is 9.50. The first-order valence-corrected chi connectivity index (χ1v) is 9.50. The lowest BCUT2D eigenvalue weighted by atomic mass is 9.96. The number of fused-ring (bicyclic) bond motifs is 1. The monoisotopic (exact) mass is 375 g/mol. The van der Waals surface area contributed by atoms with Crippen LogP contribution in [0.15, 0.2) is 72.8 Å². The Balaban J connectivity index is 1.45.